The van der Waals surface area contributed by atoms with Crippen molar-refractivity contribution in [2.45, 2.75) is 19.3 Å². The van der Waals surface area contributed by atoms with Crippen LogP contribution in [0.4, 0.5) is 0 Å². The number of hydrogen-bond acceptors (Lipinski definition) is 4. The first kappa shape index (κ1) is 11.9. The van der Waals surface area contributed by atoms with E-state index in [2.05, 4.69) is 0 Å². The molecule has 4 nitrogen and oxygen atoms in total. The van der Waals surface area contributed by atoms with E-state index in [1.807, 2.05) is 0 Å². The van der Waals surface area contributed by atoms with Gasteiger partial charge in [-0.05, 0) is 25.8 Å². The molecule has 0 fully saturated rings. The third-order valence-corrected chi connectivity index (χ3v) is 3.34. The Morgan fingerprint density at radius 2 is 1.67 bits per heavy atom. The molecule has 0 radical (unpaired) electrons. The van der Waals surface area contributed by atoms with Crippen LogP contribution in [-0.2, 0) is 9.84 Å². The van der Waals surface area contributed by atoms with Crippen molar-refractivity contribution in [2.24, 2.45) is 5.73 Å². The highest BCUT2D eigenvalue weighted by atomic mass is 32.2. The number of sulfone groups is 1. The van der Waals surface area contributed by atoms with Gasteiger partial charge in [-0.25, -0.2) is 8.42 Å². The molecule has 0 bridgehead atoms. The Bertz CT molecular complexity index is 189. The Hall–Kier alpha value is -0.130. The largest absolute Gasteiger partial charge is 0.396 e. The first-order valence-corrected chi connectivity index (χ1v) is 5.96. The van der Waals surface area contributed by atoms with Gasteiger partial charge >= 0.3 is 0 Å². The Morgan fingerprint density at radius 3 is 2.17 bits per heavy atom. The van der Waals surface area contributed by atoms with E-state index < -0.39 is 9.84 Å². The molecule has 74 valence electrons. The molecule has 5 heteroatoms. The zero-order valence-corrected chi connectivity index (χ0v) is 8.02. The van der Waals surface area contributed by atoms with Crippen LogP contribution in [0, 0.1) is 0 Å². The predicted molar refractivity (Wildman–Crippen MR) is 48.6 cm³/mol. The lowest BCUT2D eigenvalue weighted by atomic mass is 10.3. The molecule has 12 heavy (non-hydrogen) atoms. The number of aliphatic hydroxyl groups excluding tert-OH is 1. The fourth-order valence-electron chi connectivity index (χ4n) is 0.853. The third kappa shape index (κ3) is 6.57. The van der Waals surface area contributed by atoms with Crippen molar-refractivity contribution < 1.29 is 13.5 Å². The first-order valence-electron chi connectivity index (χ1n) is 4.14. The van der Waals surface area contributed by atoms with Gasteiger partial charge in [0.15, 0.2) is 0 Å². The Labute approximate surface area is 73.7 Å². The summed E-state index contributed by atoms with van der Waals surface area (Å²) in [7, 11) is -2.93. The standard InChI is InChI=1S/C7H17NO3S/c8-4-1-2-6-12(10,11)7-3-5-9/h9H,1-8H2. The van der Waals surface area contributed by atoms with E-state index in [9.17, 15) is 8.42 Å². The van der Waals surface area contributed by atoms with Crippen molar-refractivity contribution >= 4 is 9.84 Å². The molecule has 0 aliphatic rings. The summed E-state index contributed by atoms with van der Waals surface area (Å²) in [5, 5.41) is 8.42. The van der Waals surface area contributed by atoms with Crippen LogP contribution in [0.5, 0.6) is 0 Å². The van der Waals surface area contributed by atoms with Crippen LogP contribution in [0.15, 0.2) is 0 Å². The minimum absolute atomic E-state index is 0.0594. The van der Waals surface area contributed by atoms with Gasteiger partial charge in [0.2, 0.25) is 0 Å². The summed E-state index contributed by atoms with van der Waals surface area (Å²) < 4.78 is 22.2. The Kier molecular flexibility index (Phi) is 6.32. The van der Waals surface area contributed by atoms with Gasteiger partial charge in [-0.2, -0.15) is 0 Å². The average Bonchev–Trinajstić information content (AvgIpc) is 2.01. The topological polar surface area (TPSA) is 80.4 Å². The SMILES string of the molecule is NCCCCS(=O)(=O)CCCO. The predicted octanol–water partition coefficient (Wildman–Crippen LogP) is -0.477. The van der Waals surface area contributed by atoms with Crippen LogP contribution >= 0.6 is 0 Å². The summed E-state index contributed by atoms with van der Waals surface area (Å²) in [6, 6.07) is 0. The molecule has 0 aliphatic carbocycles. The summed E-state index contributed by atoms with van der Waals surface area (Å²) in [4.78, 5) is 0. The van der Waals surface area contributed by atoms with Crippen molar-refractivity contribution in [1.82, 2.24) is 0 Å². The molecule has 0 aromatic rings. The molecule has 0 aliphatic heterocycles. The van der Waals surface area contributed by atoms with Crippen LogP contribution in [-0.4, -0.2) is 38.2 Å². The fourth-order valence-corrected chi connectivity index (χ4v) is 2.27. The van der Waals surface area contributed by atoms with Crippen molar-refractivity contribution in [3.05, 3.63) is 0 Å². The monoisotopic (exact) mass is 195 g/mol. The number of nitrogens with two attached hydrogens (primary N) is 1. The number of unbranched alkanes of at least 4 members (excludes halogenated alkanes) is 1. The maximum Gasteiger partial charge on any atom is 0.150 e. The maximum atomic E-state index is 11.1. The second-order valence-electron chi connectivity index (χ2n) is 2.72. The van der Waals surface area contributed by atoms with Gasteiger partial charge in [-0.1, -0.05) is 0 Å². The molecular formula is C7H17NO3S. The molecular weight excluding hydrogens is 178 g/mol. The van der Waals surface area contributed by atoms with E-state index in [-0.39, 0.29) is 18.1 Å². The van der Waals surface area contributed by atoms with Gasteiger partial charge < -0.3 is 10.8 Å². The van der Waals surface area contributed by atoms with E-state index in [1.54, 1.807) is 0 Å². The van der Waals surface area contributed by atoms with Crippen molar-refractivity contribution in [2.75, 3.05) is 24.7 Å². The molecule has 0 amide bonds. The van der Waals surface area contributed by atoms with Gasteiger partial charge in [0.25, 0.3) is 0 Å². The second-order valence-corrected chi connectivity index (χ2v) is 5.03. The zero-order chi connectivity index (χ0) is 9.45. The first-order chi connectivity index (χ1) is 5.62. The second kappa shape index (κ2) is 6.39. The molecule has 3 N–H and O–H groups in total. The number of hydrogen-bond donors (Lipinski definition) is 2. The molecule has 0 rings (SSSR count). The Balaban J connectivity index is 3.58. The quantitative estimate of drug-likeness (QED) is 0.538. The highest BCUT2D eigenvalue weighted by Crippen LogP contribution is 1.98. The van der Waals surface area contributed by atoms with Crippen molar-refractivity contribution in [3.63, 3.8) is 0 Å². The van der Waals surface area contributed by atoms with E-state index in [4.69, 9.17) is 10.8 Å². The van der Waals surface area contributed by atoms with Gasteiger partial charge in [0, 0.05) is 6.61 Å². The van der Waals surface area contributed by atoms with Crippen molar-refractivity contribution in [3.8, 4) is 0 Å². The molecule has 0 atom stereocenters. The molecule has 0 spiro atoms. The summed E-state index contributed by atoms with van der Waals surface area (Å²) in [6.07, 6.45) is 1.72. The highest BCUT2D eigenvalue weighted by Gasteiger charge is 2.08. The van der Waals surface area contributed by atoms with E-state index in [1.165, 1.54) is 0 Å². The Morgan fingerprint density at radius 1 is 1.08 bits per heavy atom. The number of rotatable bonds is 7. The molecule has 0 aromatic carbocycles. The van der Waals surface area contributed by atoms with E-state index >= 15 is 0 Å². The van der Waals surface area contributed by atoms with Crippen molar-refractivity contribution in [1.29, 1.82) is 0 Å². The highest BCUT2D eigenvalue weighted by molar-refractivity contribution is 7.91. The molecule has 0 aromatic heterocycles. The van der Waals surface area contributed by atoms with E-state index in [0.717, 1.165) is 6.42 Å². The third-order valence-electron chi connectivity index (χ3n) is 1.52. The van der Waals surface area contributed by atoms with Gasteiger partial charge in [0.05, 0.1) is 11.5 Å². The van der Waals surface area contributed by atoms with Gasteiger partial charge in [0.1, 0.15) is 9.84 Å². The van der Waals surface area contributed by atoms with Crippen LogP contribution in [0.3, 0.4) is 0 Å². The summed E-state index contributed by atoms with van der Waals surface area (Å²) >= 11 is 0. The molecule has 0 saturated heterocycles. The normalized spacial score (nSPS) is 11.8. The zero-order valence-electron chi connectivity index (χ0n) is 7.20. The summed E-state index contributed by atoms with van der Waals surface area (Å²) in [5.74, 6) is 0.290. The molecule has 0 saturated carbocycles. The molecule has 0 heterocycles. The summed E-state index contributed by atoms with van der Waals surface area (Å²) in [5.41, 5.74) is 5.22. The van der Waals surface area contributed by atoms with Crippen LogP contribution in [0.2, 0.25) is 0 Å². The van der Waals surface area contributed by atoms with Crippen LogP contribution < -0.4 is 5.73 Å². The smallest absolute Gasteiger partial charge is 0.150 e. The lowest BCUT2D eigenvalue weighted by Crippen LogP contribution is -2.13. The maximum absolute atomic E-state index is 11.1. The van der Waals surface area contributed by atoms with Gasteiger partial charge in [-0.3, -0.25) is 0 Å². The number of aliphatic hydroxyl groups is 1. The average molecular weight is 195 g/mol. The van der Waals surface area contributed by atoms with Crippen LogP contribution in [0.1, 0.15) is 19.3 Å². The summed E-state index contributed by atoms with van der Waals surface area (Å²) in [6.45, 7) is 0.478. The fraction of sp³-hybridized carbons (Fsp3) is 1.00. The molecule has 0 unspecified atom stereocenters. The van der Waals surface area contributed by atoms with Gasteiger partial charge in [-0.15, -0.1) is 0 Å². The lowest BCUT2D eigenvalue weighted by molar-refractivity contribution is 0.295. The van der Waals surface area contributed by atoms with E-state index in [0.29, 0.717) is 19.4 Å². The van der Waals surface area contributed by atoms with Crippen LogP contribution in [0.25, 0.3) is 0 Å². The minimum atomic E-state index is -2.93. The lowest BCUT2D eigenvalue weighted by Gasteiger charge is -2.01. The minimum Gasteiger partial charge on any atom is -0.396 e.